The number of anilines is 1. The zero-order chi connectivity index (χ0) is 11.4. The Hall–Kier alpha value is -2.04. The van der Waals surface area contributed by atoms with Crippen molar-refractivity contribution >= 4 is 17.6 Å². The first kappa shape index (κ1) is 11.0. The molecule has 0 bridgehead atoms. The van der Waals surface area contributed by atoms with Crippen LogP contribution in [0.15, 0.2) is 24.3 Å². The molecule has 0 spiro atoms. The molecule has 0 radical (unpaired) electrons. The molecule has 0 saturated heterocycles. The van der Waals surface area contributed by atoms with Gasteiger partial charge < -0.3 is 16.2 Å². The number of hydrogen-bond acceptors (Lipinski definition) is 3. The summed E-state index contributed by atoms with van der Waals surface area (Å²) in [5, 5.41) is 10.9. The molecule has 0 heterocycles. The van der Waals surface area contributed by atoms with Gasteiger partial charge in [0.15, 0.2) is 0 Å². The third-order valence-corrected chi connectivity index (χ3v) is 1.92. The lowest BCUT2D eigenvalue weighted by atomic mass is 10.1. The molecule has 4 N–H and O–H groups in total. The highest BCUT2D eigenvalue weighted by Gasteiger charge is 2.16. The van der Waals surface area contributed by atoms with Gasteiger partial charge in [0.05, 0.1) is 5.56 Å². The largest absolute Gasteiger partial charge is 0.480 e. The fraction of sp³-hybridized carbons (Fsp3) is 0.200. The van der Waals surface area contributed by atoms with Crippen LogP contribution in [-0.4, -0.2) is 23.0 Å². The Morgan fingerprint density at radius 2 is 2.00 bits per heavy atom. The van der Waals surface area contributed by atoms with Crippen LogP contribution in [0.2, 0.25) is 0 Å². The summed E-state index contributed by atoms with van der Waals surface area (Å²) >= 11 is 0. The second-order valence-corrected chi connectivity index (χ2v) is 3.12. The van der Waals surface area contributed by atoms with Crippen molar-refractivity contribution in [1.29, 1.82) is 0 Å². The molecule has 5 nitrogen and oxygen atoms in total. The molecule has 0 aliphatic heterocycles. The summed E-state index contributed by atoms with van der Waals surface area (Å²) in [6.45, 7) is 1.39. The van der Waals surface area contributed by atoms with Crippen molar-refractivity contribution in [2.24, 2.45) is 0 Å². The van der Waals surface area contributed by atoms with Crippen molar-refractivity contribution in [2.45, 2.75) is 13.0 Å². The third-order valence-electron chi connectivity index (χ3n) is 1.92. The van der Waals surface area contributed by atoms with Gasteiger partial charge in [-0.3, -0.25) is 9.59 Å². The number of carboxylic acids is 1. The summed E-state index contributed by atoms with van der Waals surface area (Å²) in [4.78, 5) is 22.0. The number of aliphatic carboxylic acids is 1. The van der Waals surface area contributed by atoms with E-state index in [9.17, 15) is 9.59 Å². The van der Waals surface area contributed by atoms with E-state index in [4.69, 9.17) is 10.8 Å². The van der Waals surface area contributed by atoms with Gasteiger partial charge in [0.1, 0.15) is 6.04 Å². The number of para-hydroxylation sites is 1. The van der Waals surface area contributed by atoms with Crippen LogP contribution in [0.3, 0.4) is 0 Å². The van der Waals surface area contributed by atoms with Crippen LogP contribution in [0.5, 0.6) is 0 Å². The van der Waals surface area contributed by atoms with E-state index in [2.05, 4.69) is 5.32 Å². The number of rotatable bonds is 3. The van der Waals surface area contributed by atoms with Crippen LogP contribution in [0, 0.1) is 0 Å². The molecule has 1 aromatic carbocycles. The lowest BCUT2D eigenvalue weighted by molar-refractivity contribution is -0.138. The molecule has 80 valence electrons. The van der Waals surface area contributed by atoms with Crippen LogP contribution in [0.1, 0.15) is 17.3 Å². The minimum atomic E-state index is -1.09. The Morgan fingerprint density at radius 3 is 2.53 bits per heavy atom. The van der Waals surface area contributed by atoms with Gasteiger partial charge in [-0.15, -0.1) is 0 Å². The monoisotopic (exact) mass is 208 g/mol. The van der Waals surface area contributed by atoms with E-state index in [-0.39, 0.29) is 5.56 Å². The zero-order valence-electron chi connectivity index (χ0n) is 8.23. The van der Waals surface area contributed by atoms with Crippen molar-refractivity contribution in [1.82, 2.24) is 5.32 Å². The quantitative estimate of drug-likeness (QED) is 0.629. The minimum absolute atomic E-state index is 0.283. The van der Waals surface area contributed by atoms with E-state index in [0.29, 0.717) is 5.69 Å². The van der Waals surface area contributed by atoms with Crippen molar-refractivity contribution in [2.75, 3.05) is 5.73 Å². The van der Waals surface area contributed by atoms with E-state index < -0.39 is 17.9 Å². The fourth-order valence-electron chi connectivity index (χ4n) is 1.04. The fourth-order valence-corrected chi connectivity index (χ4v) is 1.04. The Kier molecular flexibility index (Phi) is 3.28. The van der Waals surface area contributed by atoms with Gasteiger partial charge in [0.25, 0.3) is 5.91 Å². The van der Waals surface area contributed by atoms with Crippen molar-refractivity contribution in [3.05, 3.63) is 29.8 Å². The SMILES string of the molecule is C[C@H](NC(=O)c1ccccc1N)C(=O)O. The van der Waals surface area contributed by atoms with Gasteiger partial charge in [-0.1, -0.05) is 12.1 Å². The van der Waals surface area contributed by atoms with E-state index >= 15 is 0 Å². The van der Waals surface area contributed by atoms with Crippen molar-refractivity contribution in [3.63, 3.8) is 0 Å². The molecule has 1 amide bonds. The normalized spacial score (nSPS) is 11.8. The molecular weight excluding hydrogens is 196 g/mol. The second kappa shape index (κ2) is 4.45. The number of carbonyl (C=O) groups excluding carboxylic acids is 1. The molecule has 0 aliphatic carbocycles. The van der Waals surface area contributed by atoms with E-state index in [1.807, 2.05) is 0 Å². The van der Waals surface area contributed by atoms with Gasteiger partial charge >= 0.3 is 5.97 Å². The summed E-state index contributed by atoms with van der Waals surface area (Å²) in [6, 6.07) is 5.56. The number of nitrogen functional groups attached to an aromatic ring is 1. The molecule has 0 saturated carbocycles. The number of hydrogen-bond donors (Lipinski definition) is 3. The number of carboxylic acid groups (broad SMARTS) is 1. The van der Waals surface area contributed by atoms with Gasteiger partial charge in [-0.2, -0.15) is 0 Å². The van der Waals surface area contributed by atoms with Crippen LogP contribution in [0.4, 0.5) is 5.69 Å². The molecular formula is C10H12N2O3. The summed E-state index contributed by atoms with van der Waals surface area (Å²) in [7, 11) is 0. The van der Waals surface area contributed by atoms with Crippen molar-refractivity contribution in [3.8, 4) is 0 Å². The highest BCUT2D eigenvalue weighted by atomic mass is 16.4. The minimum Gasteiger partial charge on any atom is -0.480 e. The predicted molar refractivity (Wildman–Crippen MR) is 55.4 cm³/mol. The second-order valence-electron chi connectivity index (χ2n) is 3.12. The van der Waals surface area contributed by atoms with E-state index in [1.165, 1.54) is 6.92 Å². The lowest BCUT2D eigenvalue weighted by Gasteiger charge is -2.10. The van der Waals surface area contributed by atoms with Gasteiger partial charge in [-0.05, 0) is 19.1 Å². The maximum absolute atomic E-state index is 11.5. The smallest absolute Gasteiger partial charge is 0.325 e. The maximum Gasteiger partial charge on any atom is 0.325 e. The lowest BCUT2D eigenvalue weighted by Crippen LogP contribution is -2.38. The van der Waals surface area contributed by atoms with Gasteiger partial charge in [0.2, 0.25) is 0 Å². The van der Waals surface area contributed by atoms with Crippen molar-refractivity contribution < 1.29 is 14.7 Å². The first-order chi connectivity index (χ1) is 7.02. The van der Waals surface area contributed by atoms with Crippen LogP contribution >= 0.6 is 0 Å². The number of carbonyl (C=O) groups is 2. The molecule has 0 aliphatic rings. The molecule has 0 fully saturated rings. The predicted octanol–water partition coefficient (Wildman–Crippen LogP) is 0.472. The highest BCUT2D eigenvalue weighted by Crippen LogP contribution is 2.10. The summed E-state index contributed by atoms with van der Waals surface area (Å²) in [5.41, 5.74) is 6.17. The average Bonchev–Trinajstić information content (AvgIpc) is 2.18. The van der Waals surface area contributed by atoms with E-state index in [1.54, 1.807) is 24.3 Å². The zero-order valence-corrected chi connectivity index (χ0v) is 8.23. The summed E-state index contributed by atoms with van der Waals surface area (Å²) < 4.78 is 0. The standard InChI is InChI=1S/C10H12N2O3/c1-6(10(14)15)12-9(13)7-4-2-3-5-8(7)11/h2-6H,11H2,1H3,(H,12,13)(H,14,15)/t6-/m0/s1. The van der Waals surface area contributed by atoms with Gasteiger partial charge in [0, 0.05) is 5.69 Å². The topological polar surface area (TPSA) is 92.4 Å². The first-order valence-corrected chi connectivity index (χ1v) is 4.40. The molecule has 0 unspecified atom stereocenters. The Morgan fingerprint density at radius 1 is 1.40 bits per heavy atom. The Labute approximate surface area is 86.9 Å². The number of benzene rings is 1. The molecule has 5 heteroatoms. The molecule has 0 aromatic heterocycles. The number of amides is 1. The number of nitrogens with two attached hydrogens (primary N) is 1. The Balaban J connectivity index is 2.78. The molecule has 15 heavy (non-hydrogen) atoms. The first-order valence-electron chi connectivity index (χ1n) is 4.40. The maximum atomic E-state index is 11.5. The molecule has 1 atom stereocenters. The molecule has 1 rings (SSSR count). The average molecular weight is 208 g/mol. The summed E-state index contributed by atoms with van der Waals surface area (Å²) in [6.07, 6.45) is 0. The summed E-state index contributed by atoms with van der Waals surface area (Å²) in [5.74, 6) is -1.57. The van der Waals surface area contributed by atoms with Gasteiger partial charge in [-0.25, -0.2) is 0 Å². The number of nitrogens with one attached hydrogen (secondary N) is 1. The van der Waals surface area contributed by atoms with Crippen LogP contribution in [-0.2, 0) is 4.79 Å². The third kappa shape index (κ3) is 2.70. The Bertz CT molecular complexity index is 390. The highest BCUT2D eigenvalue weighted by molar-refractivity contribution is 6.00. The molecule has 1 aromatic rings. The van der Waals surface area contributed by atoms with Crippen LogP contribution < -0.4 is 11.1 Å². The van der Waals surface area contributed by atoms with Crippen LogP contribution in [0.25, 0.3) is 0 Å². The van der Waals surface area contributed by atoms with E-state index in [0.717, 1.165) is 0 Å².